The molecule has 108 valence electrons. The molecule has 0 saturated carbocycles. The average molecular weight is 285 g/mol. The minimum absolute atomic E-state index is 0.0299. The molecule has 0 radical (unpaired) electrons. The zero-order chi connectivity index (χ0) is 15.2. The van der Waals surface area contributed by atoms with Crippen molar-refractivity contribution in [1.29, 1.82) is 5.26 Å². The fraction of sp³-hybridized carbons (Fsp3) is 0.267. The molecule has 0 fully saturated rings. The maximum atomic E-state index is 11.7. The predicted molar refractivity (Wildman–Crippen MR) is 77.3 cm³/mol. The predicted octanol–water partition coefficient (Wildman–Crippen LogP) is 2.11. The Bertz CT molecular complexity index is 732. The van der Waals surface area contributed by atoms with Crippen molar-refractivity contribution in [3.05, 3.63) is 40.3 Å². The summed E-state index contributed by atoms with van der Waals surface area (Å²) in [6, 6.07) is 7.05. The van der Waals surface area contributed by atoms with E-state index in [0.29, 0.717) is 29.5 Å². The lowest BCUT2D eigenvalue weighted by Gasteiger charge is -2.11. The number of methoxy groups -OCH3 is 1. The SMILES string of the molecule is CCCOc1ccc(OC)cc1-c1ncc(C#N)c(=O)[nH]1. The number of benzene rings is 1. The molecule has 0 atom stereocenters. The highest BCUT2D eigenvalue weighted by Gasteiger charge is 2.12. The number of ether oxygens (including phenoxy) is 2. The fourth-order valence-corrected chi connectivity index (χ4v) is 1.77. The number of hydrogen-bond acceptors (Lipinski definition) is 5. The maximum Gasteiger partial charge on any atom is 0.269 e. The molecule has 1 heterocycles. The number of hydrogen-bond donors (Lipinski definition) is 1. The van der Waals surface area contributed by atoms with Crippen molar-refractivity contribution in [2.24, 2.45) is 0 Å². The summed E-state index contributed by atoms with van der Waals surface area (Å²) in [5.74, 6) is 1.57. The fourth-order valence-electron chi connectivity index (χ4n) is 1.77. The van der Waals surface area contributed by atoms with Crippen LogP contribution in [0.5, 0.6) is 11.5 Å². The second kappa shape index (κ2) is 6.57. The van der Waals surface area contributed by atoms with E-state index >= 15 is 0 Å². The molecule has 0 aliphatic rings. The lowest BCUT2D eigenvalue weighted by Crippen LogP contribution is -2.12. The van der Waals surface area contributed by atoms with Crippen LogP contribution in [0.4, 0.5) is 0 Å². The Labute approximate surface area is 122 Å². The van der Waals surface area contributed by atoms with Crippen molar-refractivity contribution in [3.8, 4) is 29.0 Å². The van der Waals surface area contributed by atoms with Gasteiger partial charge in [0.25, 0.3) is 5.56 Å². The number of aromatic amines is 1. The second-order valence-corrected chi connectivity index (χ2v) is 4.30. The first-order chi connectivity index (χ1) is 10.2. The van der Waals surface area contributed by atoms with Gasteiger partial charge in [-0.15, -0.1) is 0 Å². The van der Waals surface area contributed by atoms with Crippen LogP contribution in [0, 0.1) is 11.3 Å². The van der Waals surface area contributed by atoms with Gasteiger partial charge in [0.2, 0.25) is 0 Å². The Morgan fingerprint density at radius 2 is 2.24 bits per heavy atom. The minimum atomic E-state index is -0.480. The van der Waals surface area contributed by atoms with E-state index in [-0.39, 0.29) is 5.56 Å². The van der Waals surface area contributed by atoms with Gasteiger partial charge in [0, 0.05) is 0 Å². The number of nitrogens with one attached hydrogen (secondary N) is 1. The molecule has 0 spiro atoms. The van der Waals surface area contributed by atoms with Gasteiger partial charge in [0.1, 0.15) is 29.0 Å². The van der Waals surface area contributed by atoms with Crippen LogP contribution in [0.15, 0.2) is 29.2 Å². The Morgan fingerprint density at radius 1 is 1.43 bits per heavy atom. The van der Waals surface area contributed by atoms with Crippen LogP contribution in [0.25, 0.3) is 11.4 Å². The third kappa shape index (κ3) is 3.20. The van der Waals surface area contributed by atoms with Gasteiger partial charge in [-0.05, 0) is 24.6 Å². The van der Waals surface area contributed by atoms with E-state index in [9.17, 15) is 4.79 Å². The molecule has 0 amide bonds. The highest BCUT2D eigenvalue weighted by Crippen LogP contribution is 2.31. The average Bonchev–Trinajstić information content (AvgIpc) is 2.52. The van der Waals surface area contributed by atoms with E-state index < -0.39 is 5.56 Å². The first-order valence-electron chi connectivity index (χ1n) is 6.50. The van der Waals surface area contributed by atoms with Crippen LogP contribution >= 0.6 is 0 Å². The van der Waals surface area contributed by atoms with Gasteiger partial charge in [-0.2, -0.15) is 5.26 Å². The molecule has 2 rings (SSSR count). The third-order valence-electron chi connectivity index (χ3n) is 2.82. The van der Waals surface area contributed by atoms with Gasteiger partial charge in [0.15, 0.2) is 0 Å². The normalized spacial score (nSPS) is 9.95. The topological polar surface area (TPSA) is 88.0 Å². The molecule has 6 nitrogen and oxygen atoms in total. The zero-order valence-electron chi connectivity index (χ0n) is 11.8. The van der Waals surface area contributed by atoms with Gasteiger partial charge < -0.3 is 14.5 Å². The molecule has 1 N–H and O–H groups in total. The van der Waals surface area contributed by atoms with E-state index in [0.717, 1.165) is 6.42 Å². The molecule has 6 heteroatoms. The number of aromatic nitrogens is 2. The second-order valence-electron chi connectivity index (χ2n) is 4.30. The summed E-state index contributed by atoms with van der Waals surface area (Å²) >= 11 is 0. The maximum absolute atomic E-state index is 11.7. The molecule has 1 aromatic carbocycles. The Hall–Kier alpha value is -2.81. The van der Waals surface area contributed by atoms with Crippen molar-refractivity contribution >= 4 is 0 Å². The Kier molecular flexibility index (Phi) is 4.57. The molecule has 0 saturated heterocycles. The Morgan fingerprint density at radius 3 is 2.86 bits per heavy atom. The number of H-pyrrole nitrogens is 1. The lowest BCUT2D eigenvalue weighted by atomic mass is 10.1. The van der Waals surface area contributed by atoms with E-state index in [1.54, 1.807) is 31.4 Å². The van der Waals surface area contributed by atoms with Gasteiger partial charge in [-0.3, -0.25) is 4.79 Å². The van der Waals surface area contributed by atoms with Crippen molar-refractivity contribution in [2.45, 2.75) is 13.3 Å². The quantitative estimate of drug-likeness (QED) is 0.908. The van der Waals surface area contributed by atoms with Crippen molar-refractivity contribution in [3.63, 3.8) is 0 Å². The van der Waals surface area contributed by atoms with Crippen LogP contribution < -0.4 is 15.0 Å². The monoisotopic (exact) mass is 285 g/mol. The highest BCUT2D eigenvalue weighted by molar-refractivity contribution is 5.66. The highest BCUT2D eigenvalue weighted by atomic mass is 16.5. The number of rotatable bonds is 5. The summed E-state index contributed by atoms with van der Waals surface area (Å²) in [6.45, 7) is 2.56. The number of nitriles is 1. The summed E-state index contributed by atoms with van der Waals surface area (Å²) in [5, 5.41) is 8.78. The standard InChI is InChI=1S/C15H15N3O3/c1-3-6-21-13-5-4-11(20-2)7-12(13)14-17-9-10(8-16)15(19)18-14/h4-5,7,9H,3,6H2,1-2H3,(H,17,18,19). The molecule has 21 heavy (non-hydrogen) atoms. The summed E-state index contributed by atoms with van der Waals surface area (Å²) in [5.41, 5.74) is 0.105. The lowest BCUT2D eigenvalue weighted by molar-refractivity contribution is 0.317. The van der Waals surface area contributed by atoms with Gasteiger partial charge in [-0.1, -0.05) is 6.92 Å². The molecule has 0 unspecified atom stereocenters. The van der Waals surface area contributed by atoms with Crippen molar-refractivity contribution in [1.82, 2.24) is 9.97 Å². The molecule has 0 aliphatic heterocycles. The van der Waals surface area contributed by atoms with Crippen molar-refractivity contribution < 1.29 is 9.47 Å². The molecule has 1 aromatic heterocycles. The van der Waals surface area contributed by atoms with Crippen LogP contribution in [0.2, 0.25) is 0 Å². The van der Waals surface area contributed by atoms with E-state index in [1.165, 1.54) is 6.20 Å². The first kappa shape index (κ1) is 14.6. The zero-order valence-corrected chi connectivity index (χ0v) is 11.8. The van der Waals surface area contributed by atoms with Crippen molar-refractivity contribution in [2.75, 3.05) is 13.7 Å². The van der Waals surface area contributed by atoms with Crippen LogP contribution in [-0.4, -0.2) is 23.7 Å². The van der Waals surface area contributed by atoms with E-state index in [1.807, 2.05) is 6.92 Å². The summed E-state index contributed by atoms with van der Waals surface area (Å²) < 4.78 is 10.8. The van der Waals surface area contributed by atoms with Gasteiger partial charge in [-0.25, -0.2) is 4.98 Å². The summed E-state index contributed by atoms with van der Waals surface area (Å²) in [4.78, 5) is 18.4. The number of nitrogens with zero attached hydrogens (tertiary/aromatic N) is 2. The van der Waals surface area contributed by atoms with Gasteiger partial charge >= 0.3 is 0 Å². The van der Waals surface area contributed by atoms with E-state index in [2.05, 4.69) is 9.97 Å². The largest absolute Gasteiger partial charge is 0.497 e. The summed E-state index contributed by atoms with van der Waals surface area (Å²) in [7, 11) is 1.56. The van der Waals surface area contributed by atoms with Crippen LogP contribution in [0.3, 0.4) is 0 Å². The third-order valence-corrected chi connectivity index (χ3v) is 2.82. The van der Waals surface area contributed by atoms with Crippen LogP contribution in [-0.2, 0) is 0 Å². The molecule has 0 bridgehead atoms. The molecule has 0 aliphatic carbocycles. The summed E-state index contributed by atoms with van der Waals surface area (Å²) in [6.07, 6.45) is 2.11. The first-order valence-corrected chi connectivity index (χ1v) is 6.50. The smallest absolute Gasteiger partial charge is 0.269 e. The van der Waals surface area contributed by atoms with Crippen LogP contribution in [0.1, 0.15) is 18.9 Å². The van der Waals surface area contributed by atoms with Gasteiger partial charge in [0.05, 0.1) is 25.5 Å². The molecular weight excluding hydrogens is 270 g/mol. The Balaban J connectivity index is 2.52. The molecule has 2 aromatic rings. The van der Waals surface area contributed by atoms with E-state index in [4.69, 9.17) is 14.7 Å². The molecular formula is C15H15N3O3. The minimum Gasteiger partial charge on any atom is -0.497 e.